The minimum atomic E-state index is -0.617. The van der Waals surface area contributed by atoms with E-state index < -0.39 is 11.6 Å². The van der Waals surface area contributed by atoms with Crippen LogP contribution in [0.5, 0.6) is 0 Å². The summed E-state index contributed by atoms with van der Waals surface area (Å²) in [5, 5.41) is 7.06. The number of hydrogen-bond acceptors (Lipinski definition) is 3. The fourth-order valence-corrected chi connectivity index (χ4v) is 2.38. The Labute approximate surface area is 133 Å². The molecule has 0 aliphatic heterocycles. The minimum absolute atomic E-state index is 0.0879. The van der Waals surface area contributed by atoms with Gasteiger partial charge in [0.1, 0.15) is 11.6 Å². The molecule has 0 spiro atoms. The van der Waals surface area contributed by atoms with Crippen molar-refractivity contribution in [1.82, 2.24) is 14.7 Å². The molecule has 1 N–H and O–H groups in total. The van der Waals surface area contributed by atoms with Crippen molar-refractivity contribution in [3.05, 3.63) is 46.8 Å². The van der Waals surface area contributed by atoms with Crippen molar-refractivity contribution in [3.8, 4) is 0 Å². The van der Waals surface area contributed by atoms with E-state index in [0.29, 0.717) is 11.3 Å². The fourth-order valence-electron chi connectivity index (χ4n) is 2.38. The van der Waals surface area contributed by atoms with Crippen LogP contribution in [0.2, 0.25) is 0 Å². The van der Waals surface area contributed by atoms with E-state index in [4.69, 9.17) is 0 Å². The smallest absolute Gasteiger partial charge is 0.238 e. The molecule has 1 amide bonds. The monoisotopic (exact) mass is 322 g/mol. The number of halogens is 2. The SMILES string of the molecule is Cc1nn(C)c(C)c1NC(=O)CN(C)Cc1ccc(F)cc1F. The van der Waals surface area contributed by atoms with Crippen molar-refractivity contribution in [2.24, 2.45) is 7.05 Å². The van der Waals surface area contributed by atoms with Crippen molar-refractivity contribution in [2.75, 3.05) is 18.9 Å². The summed E-state index contributed by atoms with van der Waals surface area (Å²) in [7, 11) is 3.51. The van der Waals surface area contributed by atoms with Crippen LogP contribution in [-0.4, -0.2) is 34.2 Å². The van der Waals surface area contributed by atoms with Crippen LogP contribution < -0.4 is 5.32 Å². The maximum absolute atomic E-state index is 13.6. The zero-order chi connectivity index (χ0) is 17.1. The zero-order valence-electron chi connectivity index (χ0n) is 13.7. The van der Waals surface area contributed by atoms with Gasteiger partial charge in [-0.15, -0.1) is 0 Å². The van der Waals surface area contributed by atoms with Gasteiger partial charge in [-0.1, -0.05) is 6.07 Å². The molecule has 7 heteroatoms. The van der Waals surface area contributed by atoms with Gasteiger partial charge in [-0.25, -0.2) is 8.78 Å². The molecule has 0 unspecified atom stereocenters. The number of anilines is 1. The summed E-state index contributed by atoms with van der Waals surface area (Å²) >= 11 is 0. The number of aromatic nitrogens is 2. The van der Waals surface area contributed by atoms with Gasteiger partial charge in [0.05, 0.1) is 23.6 Å². The fraction of sp³-hybridized carbons (Fsp3) is 0.375. The molecule has 0 aliphatic rings. The molecule has 1 heterocycles. The predicted octanol–water partition coefficient (Wildman–Crippen LogP) is 2.39. The lowest BCUT2D eigenvalue weighted by Crippen LogP contribution is -2.30. The minimum Gasteiger partial charge on any atom is -0.322 e. The molecular weight excluding hydrogens is 302 g/mol. The van der Waals surface area contributed by atoms with Gasteiger partial charge in [-0.2, -0.15) is 5.10 Å². The first-order chi connectivity index (χ1) is 10.8. The van der Waals surface area contributed by atoms with E-state index in [1.165, 1.54) is 12.1 Å². The van der Waals surface area contributed by atoms with Crippen LogP contribution in [0.1, 0.15) is 17.0 Å². The third-order valence-electron chi connectivity index (χ3n) is 3.64. The van der Waals surface area contributed by atoms with Gasteiger partial charge in [0.15, 0.2) is 0 Å². The van der Waals surface area contributed by atoms with Gasteiger partial charge >= 0.3 is 0 Å². The van der Waals surface area contributed by atoms with E-state index in [9.17, 15) is 13.6 Å². The normalized spacial score (nSPS) is 11.1. The van der Waals surface area contributed by atoms with Crippen molar-refractivity contribution in [3.63, 3.8) is 0 Å². The van der Waals surface area contributed by atoms with E-state index in [0.717, 1.165) is 17.5 Å². The van der Waals surface area contributed by atoms with Crippen LogP contribution in [-0.2, 0) is 18.4 Å². The molecule has 5 nitrogen and oxygen atoms in total. The highest BCUT2D eigenvalue weighted by Crippen LogP contribution is 2.18. The number of carbonyl (C=O) groups excluding carboxylic acids is 1. The number of nitrogens with one attached hydrogen (secondary N) is 1. The quantitative estimate of drug-likeness (QED) is 0.919. The van der Waals surface area contributed by atoms with Crippen molar-refractivity contribution in [1.29, 1.82) is 0 Å². The van der Waals surface area contributed by atoms with E-state index in [1.807, 2.05) is 13.8 Å². The summed E-state index contributed by atoms with van der Waals surface area (Å²) < 4.78 is 28.2. The molecule has 1 aromatic heterocycles. The average Bonchev–Trinajstić information content (AvgIpc) is 2.68. The van der Waals surface area contributed by atoms with Gasteiger partial charge < -0.3 is 5.32 Å². The summed E-state index contributed by atoms with van der Waals surface area (Å²) in [6.07, 6.45) is 0. The second-order valence-corrected chi connectivity index (χ2v) is 5.63. The highest BCUT2D eigenvalue weighted by atomic mass is 19.1. The van der Waals surface area contributed by atoms with Crippen LogP contribution in [0.3, 0.4) is 0 Å². The highest BCUT2D eigenvalue weighted by molar-refractivity contribution is 5.93. The number of amides is 1. The molecule has 0 radical (unpaired) electrons. The molecule has 0 saturated carbocycles. The second-order valence-electron chi connectivity index (χ2n) is 5.63. The molecule has 0 fully saturated rings. The molecule has 1 aromatic carbocycles. The Hall–Kier alpha value is -2.28. The van der Waals surface area contributed by atoms with E-state index in [1.54, 1.807) is 23.7 Å². The predicted molar refractivity (Wildman–Crippen MR) is 84.0 cm³/mol. The molecule has 0 atom stereocenters. The summed E-state index contributed by atoms with van der Waals surface area (Å²) in [6, 6.07) is 3.43. The van der Waals surface area contributed by atoms with Gasteiger partial charge in [0.2, 0.25) is 5.91 Å². The number of aryl methyl sites for hydroxylation is 2. The van der Waals surface area contributed by atoms with Gasteiger partial charge in [0.25, 0.3) is 0 Å². The molecule has 2 rings (SSSR count). The van der Waals surface area contributed by atoms with Crippen molar-refractivity contribution >= 4 is 11.6 Å². The van der Waals surface area contributed by atoms with Gasteiger partial charge in [-0.3, -0.25) is 14.4 Å². The lowest BCUT2D eigenvalue weighted by Gasteiger charge is -2.17. The maximum Gasteiger partial charge on any atom is 0.238 e. The van der Waals surface area contributed by atoms with Crippen molar-refractivity contribution < 1.29 is 13.6 Å². The third-order valence-corrected chi connectivity index (χ3v) is 3.64. The number of likely N-dealkylation sites (N-methyl/N-ethyl adjacent to an activating group) is 1. The topological polar surface area (TPSA) is 50.2 Å². The van der Waals surface area contributed by atoms with E-state index >= 15 is 0 Å². The molecule has 0 bridgehead atoms. The summed E-state index contributed by atoms with van der Waals surface area (Å²) in [5.74, 6) is -1.44. The van der Waals surface area contributed by atoms with Gasteiger partial charge in [0, 0.05) is 25.2 Å². The molecule has 2 aromatic rings. The Bertz CT molecular complexity index is 727. The molecule has 0 saturated heterocycles. The van der Waals surface area contributed by atoms with Crippen LogP contribution in [0.25, 0.3) is 0 Å². The van der Waals surface area contributed by atoms with E-state index in [2.05, 4.69) is 10.4 Å². The first kappa shape index (κ1) is 17.1. The van der Waals surface area contributed by atoms with Crippen LogP contribution in [0.15, 0.2) is 18.2 Å². The van der Waals surface area contributed by atoms with E-state index in [-0.39, 0.29) is 19.0 Å². The standard InChI is InChI=1S/C16H20F2N4O/c1-10-16(11(2)22(4)20-10)19-15(23)9-21(3)8-12-5-6-13(17)7-14(12)18/h5-7H,8-9H2,1-4H3,(H,19,23). The maximum atomic E-state index is 13.6. The number of rotatable bonds is 5. The first-order valence-corrected chi connectivity index (χ1v) is 7.20. The van der Waals surface area contributed by atoms with Gasteiger partial charge in [-0.05, 0) is 27.0 Å². The molecule has 0 aliphatic carbocycles. The van der Waals surface area contributed by atoms with Crippen LogP contribution in [0.4, 0.5) is 14.5 Å². The Balaban J connectivity index is 1.97. The molecule has 23 heavy (non-hydrogen) atoms. The Morgan fingerprint density at radius 3 is 2.61 bits per heavy atom. The average molecular weight is 322 g/mol. The number of hydrogen-bond donors (Lipinski definition) is 1. The lowest BCUT2D eigenvalue weighted by molar-refractivity contribution is -0.117. The Morgan fingerprint density at radius 1 is 1.35 bits per heavy atom. The number of carbonyl (C=O) groups is 1. The summed E-state index contributed by atoms with van der Waals surface area (Å²) in [5.41, 5.74) is 2.64. The Kier molecular flexibility index (Phi) is 5.10. The summed E-state index contributed by atoms with van der Waals surface area (Å²) in [4.78, 5) is 13.8. The highest BCUT2D eigenvalue weighted by Gasteiger charge is 2.15. The summed E-state index contributed by atoms with van der Waals surface area (Å²) in [6.45, 7) is 3.99. The van der Waals surface area contributed by atoms with Crippen molar-refractivity contribution in [2.45, 2.75) is 20.4 Å². The second kappa shape index (κ2) is 6.87. The third kappa shape index (κ3) is 4.13. The molecule has 124 valence electrons. The number of nitrogens with zero attached hydrogens (tertiary/aromatic N) is 3. The lowest BCUT2D eigenvalue weighted by atomic mass is 10.2. The number of benzene rings is 1. The Morgan fingerprint density at radius 2 is 2.04 bits per heavy atom. The first-order valence-electron chi connectivity index (χ1n) is 7.20. The van der Waals surface area contributed by atoms with Crippen LogP contribution in [0, 0.1) is 25.5 Å². The molecular formula is C16H20F2N4O. The largest absolute Gasteiger partial charge is 0.322 e. The van der Waals surface area contributed by atoms with Crippen LogP contribution >= 0.6 is 0 Å². The zero-order valence-corrected chi connectivity index (χ0v) is 13.7.